The first kappa shape index (κ1) is 10.2. The molecule has 0 atom stereocenters. The average Bonchev–Trinajstić information content (AvgIpc) is 2.78. The van der Waals surface area contributed by atoms with Crippen molar-refractivity contribution in [3.8, 4) is 0 Å². The highest BCUT2D eigenvalue weighted by molar-refractivity contribution is 5.90. The van der Waals surface area contributed by atoms with Gasteiger partial charge in [0.15, 0.2) is 0 Å². The molecule has 2 heterocycles. The van der Waals surface area contributed by atoms with Gasteiger partial charge in [0.05, 0.1) is 7.11 Å². The quantitative estimate of drug-likeness (QED) is 0.735. The maximum atomic E-state index is 11.4. The van der Waals surface area contributed by atoms with Crippen LogP contribution in [0.2, 0.25) is 0 Å². The number of piperidine rings is 1. The van der Waals surface area contributed by atoms with Crippen LogP contribution in [0.5, 0.6) is 0 Å². The van der Waals surface area contributed by atoms with Crippen LogP contribution in [0.3, 0.4) is 0 Å². The minimum absolute atomic E-state index is 0.305. The molecule has 0 saturated carbocycles. The molecule has 1 aromatic rings. The Morgan fingerprint density at radius 1 is 1.60 bits per heavy atom. The summed E-state index contributed by atoms with van der Waals surface area (Å²) in [5, 5.41) is 7.17. The summed E-state index contributed by atoms with van der Waals surface area (Å²) >= 11 is 0. The van der Waals surface area contributed by atoms with E-state index in [0.717, 1.165) is 31.6 Å². The molecule has 1 fully saturated rings. The lowest BCUT2D eigenvalue weighted by atomic mass is 9.92. The Balaban J connectivity index is 2.19. The maximum Gasteiger partial charge on any atom is 0.343 e. The van der Waals surface area contributed by atoms with Crippen molar-refractivity contribution in [1.29, 1.82) is 0 Å². The lowest BCUT2D eigenvalue weighted by molar-refractivity contribution is 0.0598. The molecule has 1 aromatic heterocycles. The summed E-state index contributed by atoms with van der Waals surface area (Å²) in [6.45, 7) is 1.91. The van der Waals surface area contributed by atoms with E-state index in [0.29, 0.717) is 11.5 Å². The van der Waals surface area contributed by atoms with Gasteiger partial charge >= 0.3 is 5.97 Å². The summed E-state index contributed by atoms with van der Waals surface area (Å²) in [6, 6.07) is 0. The van der Waals surface area contributed by atoms with E-state index in [4.69, 9.17) is 4.52 Å². The average molecular weight is 210 g/mol. The van der Waals surface area contributed by atoms with Crippen molar-refractivity contribution < 1.29 is 14.1 Å². The second kappa shape index (κ2) is 4.44. The van der Waals surface area contributed by atoms with E-state index >= 15 is 0 Å². The van der Waals surface area contributed by atoms with Crippen LogP contribution in [0, 0.1) is 0 Å². The van der Waals surface area contributed by atoms with Crippen molar-refractivity contribution >= 4 is 5.97 Å². The van der Waals surface area contributed by atoms with Crippen LogP contribution in [0.1, 0.15) is 34.8 Å². The van der Waals surface area contributed by atoms with Gasteiger partial charge in [-0.1, -0.05) is 5.16 Å². The van der Waals surface area contributed by atoms with Gasteiger partial charge < -0.3 is 14.6 Å². The number of aromatic nitrogens is 1. The Hall–Kier alpha value is -1.36. The first-order valence-corrected chi connectivity index (χ1v) is 5.06. The fourth-order valence-electron chi connectivity index (χ4n) is 1.90. The van der Waals surface area contributed by atoms with Crippen molar-refractivity contribution in [3.63, 3.8) is 0 Å². The van der Waals surface area contributed by atoms with Crippen LogP contribution in [-0.4, -0.2) is 31.3 Å². The Bertz CT molecular complexity index is 342. The molecule has 0 bridgehead atoms. The van der Waals surface area contributed by atoms with Crippen molar-refractivity contribution in [2.75, 3.05) is 20.2 Å². The molecule has 0 radical (unpaired) electrons. The number of nitrogens with one attached hydrogen (secondary N) is 1. The summed E-state index contributed by atoms with van der Waals surface area (Å²) in [6.07, 6.45) is 3.33. The minimum atomic E-state index is -0.371. The molecule has 1 aliphatic heterocycles. The van der Waals surface area contributed by atoms with Gasteiger partial charge in [-0.2, -0.15) is 0 Å². The van der Waals surface area contributed by atoms with Crippen molar-refractivity contribution in [1.82, 2.24) is 10.5 Å². The number of hydrogen-bond donors (Lipinski definition) is 1. The summed E-state index contributed by atoms with van der Waals surface area (Å²) in [4.78, 5) is 11.4. The molecule has 0 aliphatic carbocycles. The second-order valence-electron chi connectivity index (χ2n) is 3.63. The minimum Gasteiger partial charge on any atom is -0.465 e. The summed E-state index contributed by atoms with van der Waals surface area (Å²) in [7, 11) is 1.36. The van der Waals surface area contributed by atoms with Gasteiger partial charge in [-0.3, -0.25) is 0 Å². The smallest absolute Gasteiger partial charge is 0.343 e. The van der Waals surface area contributed by atoms with Crippen molar-refractivity contribution in [2.45, 2.75) is 18.8 Å². The van der Waals surface area contributed by atoms with Gasteiger partial charge in [0.2, 0.25) is 0 Å². The number of carbonyl (C=O) groups is 1. The fraction of sp³-hybridized carbons (Fsp3) is 0.600. The molecule has 5 heteroatoms. The highest BCUT2D eigenvalue weighted by atomic mass is 16.5. The van der Waals surface area contributed by atoms with Crippen LogP contribution in [0.25, 0.3) is 0 Å². The number of carbonyl (C=O) groups excluding carboxylic acids is 1. The Kier molecular flexibility index (Phi) is 3.01. The molecular weight excluding hydrogens is 196 g/mol. The number of rotatable bonds is 2. The van der Waals surface area contributed by atoms with E-state index in [1.165, 1.54) is 13.4 Å². The monoisotopic (exact) mass is 210 g/mol. The molecule has 0 amide bonds. The summed E-state index contributed by atoms with van der Waals surface area (Å²) in [5.41, 5.74) is 1.20. The Morgan fingerprint density at radius 2 is 2.33 bits per heavy atom. The SMILES string of the molecule is COC(=O)c1conc1C1CCNCC1. The number of nitrogens with zero attached hydrogens (tertiary/aromatic N) is 1. The zero-order chi connectivity index (χ0) is 10.7. The van der Waals surface area contributed by atoms with E-state index in [-0.39, 0.29) is 5.97 Å². The molecule has 1 aliphatic rings. The predicted molar refractivity (Wildman–Crippen MR) is 52.7 cm³/mol. The Labute approximate surface area is 87.8 Å². The van der Waals surface area contributed by atoms with Gasteiger partial charge in [0.25, 0.3) is 0 Å². The van der Waals surface area contributed by atoms with E-state index in [1.54, 1.807) is 0 Å². The molecule has 0 spiro atoms. The van der Waals surface area contributed by atoms with E-state index in [2.05, 4.69) is 15.2 Å². The van der Waals surface area contributed by atoms with Gasteiger partial charge in [-0.05, 0) is 25.9 Å². The van der Waals surface area contributed by atoms with E-state index < -0.39 is 0 Å². The van der Waals surface area contributed by atoms with Gasteiger partial charge in [-0.15, -0.1) is 0 Å². The molecule has 1 N–H and O–H groups in total. The van der Waals surface area contributed by atoms with Gasteiger partial charge in [-0.25, -0.2) is 4.79 Å². The molecule has 5 nitrogen and oxygen atoms in total. The van der Waals surface area contributed by atoms with Crippen LogP contribution >= 0.6 is 0 Å². The molecule has 82 valence electrons. The molecule has 15 heavy (non-hydrogen) atoms. The molecule has 0 aromatic carbocycles. The van der Waals surface area contributed by atoms with Crippen LogP contribution in [0.4, 0.5) is 0 Å². The van der Waals surface area contributed by atoms with E-state index in [1.807, 2.05) is 0 Å². The third kappa shape index (κ3) is 2.02. The first-order chi connectivity index (χ1) is 7.33. The first-order valence-electron chi connectivity index (χ1n) is 5.06. The third-order valence-corrected chi connectivity index (χ3v) is 2.73. The highest BCUT2D eigenvalue weighted by Gasteiger charge is 2.25. The van der Waals surface area contributed by atoms with Crippen LogP contribution in [-0.2, 0) is 4.74 Å². The topological polar surface area (TPSA) is 64.4 Å². The van der Waals surface area contributed by atoms with E-state index in [9.17, 15) is 4.79 Å². The van der Waals surface area contributed by atoms with Crippen molar-refractivity contribution in [2.24, 2.45) is 0 Å². The molecule has 1 saturated heterocycles. The van der Waals surface area contributed by atoms with Gasteiger partial charge in [0, 0.05) is 5.92 Å². The predicted octanol–water partition coefficient (Wildman–Crippen LogP) is 0.928. The summed E-state index contributed by atoms with van der Waals surface area (Å²) in [5.74, 6) is -0.0658. The fourth-order valence-corrected chi connectivity index (χ4v) is 1.90. The highest BCUT2D eigenvalue weighted by Crippen LogP contribution is 2.27. The standard InChI is InChI=1S/C10H14N2O3/c1-14-10(13)8-6-15-12-9(8)7-2-4-11-5-3-7/h6-7,11H,2-5H2,1H3. The maximum absolute atomic E-state index is 11.4. The largest absolute Gasteiger partial charge is 0.465 e. The summed E-state index contributed by atoms with van der Waals surface area (Å²) < 4.78 is 9.52. The normalized spacial score (nSPS) is 17.7. The third-order valence-electron chi connectivity index (χ3n) is 2.73. The zero-order valence-electron chi connectivity index (χ0n) is 8.66. The number of ether oxygens (including phenoxy) is 1. The number of hydrogen-bond acceptors (Lipinski definition) is 5. The molecule has 2 rings (SSSR count). The lowest BCUT2D eigenvalue weighted by Gasteiger charge is -2.20. The lowest BCUT2D eigenvalue weighted by Crippen LogP contribution is -2.27. The van der Waals surface area contributed by atoms with Crippen molar-refractivity contribution in [3.05, 3.63) is 17.5 Å². The van der Waals surface area contributed by atoms with Gasteiger partial charge in [0.1, 0.15) is 17.5 Å². The van der Waals surface area contributed by atoms with Crippen LogP contribution in [0.15, 0.2) is 10.8 Å². The second-order valence-corrected chi connectivity index (χ2v) is 3.63. The Morgan fingerprint density at radius 3 is 3.00 bits per heavy atom. The number of methoxy groups -OCH3 is 1. The van der Waals surface area contributed by atoms with Crippen LogP contribution < -0.4 is 5.32 Å². The zero-order valence-corrected chi connectivity index (χ0v) is 8.66. The molecular formula is C10H14N2O3. The number of esters is 1. The molecule has 0 unspecified atom stereocenters.